The molecule has 0 aromatic heterocycles. The van der Waals surface area contributed by atoms with Gasteiger partial charge in [0.2, 0.25) is 0 Å². The van der Waals surface area contributed by atoms with Gasteiger partial charge in [-0.25, -0.2) is 0 Å². The Hall–Kier alpha value is 0.270. The van der Waals surface area contributed by atoms with Crippen LogP contribution in [0.5, 0.6) is 0 Å². The average Bonchev–Trinajstić information content (AvgIpc) is 2.06. The fourth-order valence-corrected chi connectivity index (χ4v) is 2.28. The molecule has 98 valence electrons. The van der Waals surface area contributed by atoms with Gasteiger partial charge in [-0.3, -0.25) is 0 Å². The molecular weight excluding hydrogens is 218 g/mol. The van der Waals surface area contributed by atoms with Crippen molar-refractivity contribution in [2.45, 2.75) is 27.2 Å². The molecule has 0 atom stereocenters. The molecule has 3 heteroatoms. The summed E-state index contributed by atoms with van der Waals surface area (Å²) in [5, 5.41) is 0. The van der Waals surface area contributed by atoms with E-state index < -0.39 is 0 Å². The van der Waals surface area contributed by atoms with Gasteiger partial charge in [-0.1, -0.05) is 20.8 Å². The smallest absolute Gasteiger partial charge is 0.0872 e. The number of hydrogen-bond donors (Lipinski definition) is 0. The fraction of sp³-hybridized carbons (Fsp3) is 1.00. The van der Waals surface area contributed by atoms with Crippen LogP contribution in [0.25, 0.3) is 0 Å². The van der Waals surface area contributed by atoms with Crippen LogP contribution in [0.2, 0.25) is 0 Å². The Morgan fingerprint density at radius 1 is 1.06 bits per heavy atom. The minimum atomic E-state index is 0.302. The first-order valence-corrected chi connectivity index (χ1v) is 7.32. The number of thioether (sulfide) groups is 1. The third-order valence-corrected chi connectivity index (χ3v) is 3.07. The van der Waals surface area contributed by atoms with E-state index in [-0.39, 0.29) is 0 Å². The minimum absolute atomic E-state index is 0.302. The second-order valence-corrected chi connectivity index (χ2v) is 7.82. The first-order valence-electron chi connectivity index (χ1n) is 6.17. The van der Waals surface area contributed by atoms with Crippen LogP contribution < -0.4 is 0 Å². The largest absolute Gasteiger partial charge is 0.381 e. The van der Waals surface area contributed by atoms with E-state index >= 15 is 0 Å². The Morgan fingerprint density at radius 3 is 2.19 bits per heavy atom. The quantitative estimate of drug-likeness (QED) is 0.482. The van der Waals surface area contributed by atoms with E-state index in [1.165, 1.54) is 24.5 Å². The van der Waals surface area contributed by atoms with E-state index in [9.17, 15) is 0 Å². The van der Waals surface area contributed by atoms with Crippen molar-refractivity contribution in [3.8, 4) is 0 Å². The van der Waals surface area contributed by atoms with E-state index in [0.29, 0.717) is 5.41 Å². The lowest BCUT2D eigenvalue weighted by molar-refractivity contribution is -0.867. The summed E-state index contributed by atoms with van der Waals surface area (Å²) in [5.41, 5.74) is 0.302. The Labute approximate surface area is 106 Å². The van der Waals surface area contributed by atoms with Gasteiger partial charge in [0.15, 0.2) is 0 Å². The first-order chi connectivity index (χ1) is 7.21. The van der Waals surface area contributed by atoms with Crippen molar-refractivity contribution < 1.29 is 9.22 Å². The lowest BCUT2D eigenvalue weighted by atomic mass is 9.99. The second-order valence-electron chi connectivity index (χ2n) is 6.59. The molecule has 0 amide bonds. The van der Waals surface area contributed by atoms with Crippen molar-refractivity contribution in [3.05, 3.63) is 0 Å². The highest BCUT2D eigenvalue weighted by Crippen LogP contribution is 2.13. The van der Waals surface area contributed by atoms with Gasteiger partial charge in [0, 0.05) is 12.4 Å². The molecule has 0 unspecified atom stereocenters. The summed E-state index contributed by atoms with van der Waals surface area (Å²) in [4.78, 5) is 0. The van der Waals surface area contributed by atoms with Crippen LogP contribution >= 0.6 is 11.8 Å². The normalized spacial score (nSPS) is 13.1. The molecule has 0 aliphatic heterocycles. The maximum absolute atomic E-state index is 5.63. The van der Waals surface area contributed by atoms with E-state index in [1.54, 1.807) is 0 Å². The SMILES string of the molecule is CC(C)(C)COCCCSCC[N+](C)(C)C. The van der Waals surface area contributed by atoms with Crippen LogP contribution in [-0.4, -0.2) is 56.9 Å². The Morgan fingerprint density at radius 2 is 1.69 bits per heavy atom. The molecule has 0 aliphatic rings. The van der Waals surface area contributed by atoms with Crippen molar-refractivity contribution in [2.24, 2.45) is 5.41 Å². The van der Waals surface area contributed by atoms with Crippen LogP contribution in [0.3, 0.4) is 0 Å². The van der Waals surface area contributed by atoms with Crippen molar-refractivity contribution >= 4 is 11.8 Å². The molecule has 2 nitrogen and oxygen atoms in total. The third-order valence-electron chi connectivity index (χ3n) is 2.02. The minimum Gasteiger partial charge on any atom is -0.381 e. The van der Waals surface area contributed by atoms with Gasteiger partial charge in [-0.2, -0.15) is 11.8 Å². The van der Waals surface area contributed by atoms with E-state index in [0.717, 1.165) is 17.7 Å². The zero-order valence-electron chi connectivity index (χ0n) is 12.0. The first kappa shape index (κ1) is 16.3. The summed E-state index contributed by atoms with van der Waals surface area (Å²) in [6.45, 7) is 9.66. The molecule has 0 heterocycles. The van der Waals surface area contributed by atoms with Crippen molar-refractivity contribution in [1.29, 1.82) is 0 Å². The maximum Gasteiger partial charge on any atom is 0.0872 e. The number of nitrogens with zero attached hydrogens (tertiary/aromatic N) is 1. The molecule has 0 bridgehead atoms. The zero-order valence-corrected chi connectivity index (χ0v) is 12.8. The molecule has 0 aromatic carbocycles. The number of hydrogen-bond acceptors (Lipinski definition) is 2. The highest BCUT2D eigenvalue weighted by Gasteiger charge is 2.09. The molecule has 16 heavy (non-hydrogen) atoms. The number of quaternary nitrogens is 1. The monoisotopic (exact) mass is 248 g/mol. The highest BCUT2D eigenvalue weighted by molar-refractivity contribution is 7.99. The highest BCUT2D eigenvalue weighted by atomic mass is 32.2. The fourth-order valence-electron chi connectivity index (χ4n) is 1.08. The van der Waals surface area contributed by atoms with Crippen LogP contribution in [0, 0.1) is 5.41 Å². The molecule has 0 saturated carbocycles. The molecule has 0 aromatic rings. The molecular formula is C13H30NOS+. The van der Waals surface area contributed by atoms with Gasteiger partial charge in [0.05, 0.1) is 34.3 Å². The van der Waals surface area contributed by atoms with E-state index in [1.807, 2.05) is 11.8 Å². The maximum atomic E-state index is 5.63. The van der Waals surface area contributed by atoms with Gasteiger partial charge < -0.3 is 9.22 Å². The van der Waals surface area contributed by atoms with Crippen molar-refractivity contribution in [1.82, 2.24) is 0 Å². The van der Waals surface area contributed by atoms with Gasteiger partial charge in [0.25, 0.3) is 0 Å². The Kier molecular flexibility index (Phi) is 7.70. The predicted molar refractivity (Wildman–Crippen MR) is 75.1 cm³/mol. The van der Waals surface area contributed by atoms with E-state index in [2.05, 4.69) is 41.9 Å². The van der Waals surface area contributed by atoms with Gasteiger partial charge in [-0.05, 0) is 17.6 Å². The van der Waals surface area contributed by atoms with Crippen molar-refractivity contribution in [2.75, 3.05) is 52.4 Å². The van der Waals surface area contributed by atoms with Crippen LogP contribution in [0.15, 0.2) is 0 Å². The average molecular weight is 248 g/mol. The van der Waals surface area contributed by atoms with Crippen LogP contribution in [-0.2, 0) is 4.74 Å². The van der Waals surface area contributed by atoms with Gasteiger partial charge in [-0.15, -0.1) is 0 Å². The van der Waals surface area contributed by atoms with Crippen LogP contribution in [0.4, 0.5) is 0 Å². The molecule has 0 rings (SSSR count). The van der Waals surface area contributed by atoms with Gasteiger partial charge in [0.1, 0.15) is 0 Å². The molecule has 0 radical (unpaired) electrons. The van der Waals surface area contributed by atoms with Gasteiger partial charge >= 0.3 is 0 Å². The summed E-state index contributed by atoms with van der Waals surface area (Å²) >= 11 is 2.04. The summed E-state index contributed by atoms with van der Waals surface area (Å²) in [6.07, 6.45) is 1.18. The zero-order chi connectivity index (χ0) is 12.7. The molecule has 0 saturated heterocycles. The topological polar surface area (TPSA) is 9.23 Å². The van der Waals surface area contributed by atoms with Crippen LogP contribution in [0.1, 0.15) is 27.2 Å². The summed E-state index contributed by atoms with van der Waals surface area (Å²) in [7, 11) is 6.73. The Bertz CT molecular complexity index is 150. The number of ether oxygens (including phenoxy) is 1. The molecule has 0 spiro atoms. The third kappa shape index (κ3) is 14.3. The van der Waals surface area contributed by atoms with E-state index in [4.69, 9.17) is 4.74 Å². The predicted octanol–water partition coefficient (Wildman–Crippen LogP) is 2.88. The Balaban J connectivity index is 3.17. The number of rotatable bonds is 8. The summed E-state index contributed by atoms with van der Waals surface area (Å²) in [6, 6.07) is 0. The molecule has 0 aliphatic carbocycles. The van der Waals surface area contributed by atoms with Crippen molar-refractivity contribution in [3.63, 3.8) is 0 Å². The summed E-state index contributed by atoms with van der Waals surface area (Å²) < 4.78 is 6.69. The molecule has 0 N–H and O–H groups in total. The standard InChI is InChI=1S/C13H30NOS/c1-13(2,3)12-15-9-7-10-16-11-8-14(4,5)6/h7-12H2,1-6H3/q+1. The molecule has 0 fully saturated rings. The lowest BCUT2D eigenvalue weighted by Gasteiger charge is -2.23. The summed E-state index contributed by atoms with van der Waals surface area (Å²) in [5.74, 6) is 2.48. The second kappa shape index (κ2) is 7.57. The lowest BCUT2D eigenvalue weighted by Crippen LogP contribution is -2.36.